The lowest BCUT2D eigenvalue weighted by molar-refractivity contribution is -0.384. The zero-order valence-electron chi connectivity index (χ0n) is 13.0. The van der Waals surface area contributed by atoms with Gasteiger partial charge in [0.15, 0.2) is 5.69 Å². The van der Waals surface area contributed by atoms with Crippen molar-refractivity contribution in [2.45, 2.75) is 19.9 Å². The molecule has 0 unspecified atom stereocenters. The molecule has 0 bridgehead atoms. The first-order valence-corrected chi connectivity index (χ1v) is 7.33. The van der Waals surface area contributed by atoms with Crippen LogP contribution in [0.15, 0.2) is 36.5 Å². The van der Waals surface area contributed by atoms with Gasteiger partial charge in [-0.05, 0) is 25.6 Å². The first-order valence-electron chi connectivity index (χ1n) is 7.33. The highest BCUT2D eigenvalue weighted by Gasteiger charge is 2.12. The van der Waals surface area contributed by atoms with Crippen LogP contribution in [0.1, 0.15) is 24.3 Å². The lowest BCUT2D eigenvalue weighted by atomic mass is 10.3. The molecule has 0 radical (unpaired) electrons. The summed E-state index contributed by atoms with van der Waals surface area (Å²) in [4.78, 5) is 22.4. The maximum atomic E-state index is 12.1. The number of benzene rings is 1. The quantitative estimate of drug-likeness (QED) is 0.595. The van der Waals surface area contributed by atoms with Gasteiger partial charge >= 0.3 is 0 Å². The van der Waals surface area contributed by atoms with E-state index in [4.69, 9.17) is 0 Å². The summed E-state index contributed by atoms with van der Waals surface area (Å²) in [5, 5.41) is 21.0. The number of nitro benzene ring substituents is 1. The van der Waals surface area contributed by atoms with Crippen LogP contribution in [0.4, 0.5) is 5.69 Å². The summed E-state index contributed by atoms with van der Waals surface area (Å²) in [7, 11) is 0. The van der Waals surface area contributed by atoms with Gasteiger partial charge in [-0.25, -0.2) is 4.68 Å². The number of nitrogens with one attached hydrogen (secondary N) is 2. The Morgan fingerprint density at radius 1 is 1.43 bits per heavy atom. The van der Waals surface area contributed by atoms with Gasteiger partial charge in [-0.3, -0.25) is 14.9 Å². The average Bonchev–Trinajstić information content (AvgIpc) is 3.03. The minimum atomic E-state index is -0.470. The molecule has 1 aromatic heterocycles. The van der Waals surface area contributed by atoms with Gasteiger partial charge in [-0.1, -0.05) is 13.0 Å². The number of likely N-dealkylation sites (N-methyl/N-ethyl adjacent to an activating group) is 1. The zero-order valence-corrected chi connectivity index (χ0v) is 13.0. The van der Waals surface area contributed by atoms with Gasteiger partial charge in [0, 0.05) is 30.9 Å². The van der Waals surface area contributed by atoms with Crippen molar-refractivity contribution in [3.8, 4) is 5.69 Å². The molecule has 1 amide bonds. The molecule has 8 heteroatoms. The number of nitrogens with zero attached hydrogens (tertiary/aromatic N) is 3. The molecule has 2 rings (SSSR count). The number of nitro groups is 1. The van der Waals surface area contributed by atoms with Crippen molar-refractivity contribution >= 4 is 11.6 Å². The van der Waals surface area contributed by atoms with Crippen molar-refractivity contribution in [1.82, 2.24) is 20.4 Å². The molecule has 122 valence electrons. The number of carbonyl (C=O) groups is 1. The molecular formula is C15H19N5O3. The monoisotopic (exact) mass is 317 g/mol. The van der Waals surface area contributed by atoms with Crippen LogP contribution < -0.4 is 10.6 Å². The van der Waals surface area contributed by atoms with E-state index in [1.807, 2.05) is 13.8 Å². The molecule has 2 aromatic rings. The second kappa shape index (κ2) is 7.50. The summed E-state index contributed by atoms with van der Waals surface area (Å²) in [5.41, 5.74) is 0.767. The largest absolute Gasteiger partial charge is 0.349 e. The van der Waals surface area contributed by atoms with Crippen LogP contribution in [0.3, 0.4) is 0 Å². The molecule has 0 saturated carbocycles. The fourth-order valence-corrected chi connectivity index (χ4v) is 2.09. The molecule has 1 heterocycles. The van der Waals surface area contributed by atoms with E-state index in [0.29, 0.717) is 12.2 Å². The molecule has 1 atom stereocenters. The highest BCUT2D eigenvalue weighted by Crippen LogP contribution is 2.16. The Balaban J connectivity index is 2.07. The number of rotatable bonds is 7. The normalized spacial score (nSPS) is 11.9. The Bertz CT molecular complexity index is 698. The van der Waals surface area contributed by atoms with Crippen molar-refractivity contribution in [1.29, 1.82) is 0 Å². The number of hydrogen-bond acceptors (Lipinski definition) is 5. The van der Waals surface area contributed by atoms with E-state index in [-0.39, 0.29) is 23.3 Å². The van der Waals surface area contributed by atoms with Gasteiger partial charge < -0.3 is 10.6 Å². The highest BCUT2D eigenvalue weighted by atomic mass is 16.6. The van der Waals surface area contributed by atoms with Crippen LogP contribution in [0, 0.1) is 10.1 Å². The van der Waals surface area contributed by atoms with Crippen molar-refractivity contribution in [3.63, 3.8) is 0 Å². The van der Waals surface area contributed by atoms with E-state index in [1.54, 1.807) is 24.4 Å². The van der Waals surface area contributed by atoms with Crippen molar-refractivity contribution in [3.05, 3.63) is 52.3 Å². The second-order valence-electron chi connectivity index (χ2n) is 5.09. The van der Waals surface area contributed by atoms with Crippen LogP contribution >= 0.6 is 0 Å². The summed E-state index contributed by atoms with van der Waals surface area (Å²) in [6.45, 7) is 5.30. The summed E-state index contributed by atoms with van der Waals surface area (Å²) in [6, 6.07) is 7.82. The Labute approximate surface area is 133 Å². The molecule has 0 spiro atoms. The highest BCUT2D eigenvalue weighted by molar-refractivity contribution is 5.92. The predicted molar refractivity (Wildman–Crippen MR) is 85.7 cm³/mol. The Kier molecular flexibility index (Phi) is 5.42. The van der Waals surface area contributed by atoms with Gasteiger partial charge in [-0.2, -0.15) is 5.10 Å². The van der Waals surface area contributed by atoms with E-state index < -0.39 is 4.92 Å². The van der Waals surface area contributed by atoms with E-state index in [9.17, 15) is 14.9 Å². The first-order chi connectivity index (χ1) is 11.0. The first kappa shape index (κ1) is 16.6. The van der Waals surface area contributed by atoms with E-state index in [0.717, 1.165) is 6.54 Å². The molecule has 8 nitrogen and oxygen atoms in total. The molecule has 0 aliphatic rings. The van der Waals surface area contributed by atoms with Crippen LogP contribution in [0.2, 0.25) is 0 Å². The zero-order chi connectivity index (χ0) is 16.8. The number of non-ortho nitro benzene ring substituents is 1. The SMILES string of the molecule is CCN[C@H](C)CNC(=O)c1ccn(-c2cccc([N+](=O)[O-])c2)n1. The third kappa shape index (κ3) is 4.36. The minimum Gasteiger partial charge on any atom is -0.349 e. The van der Waals surface area contributed by atoms with Crippen LogP contribution in [-0.2, 0) is 0 Å². The maximum absolute atomic E-state index is 12.1. The molecular weight excluding hydrogens is 298 g/mol. The third-order valence-electron chi connectivity index (χ3n) is 3.25. The Morgan fingerprint density at radius 3 is 2.91 bits per heavy atom. The predicted octanol–water partition coefficient (Wildman–Crippen LogP) is 1.51. The minimum absolute atomic E-state index is 0.0246. The lowest BCUT2D eigenvalue weighted by Gasteiger charge is -2.12. The fraction of sp³-hybridized carbons (Fsp3) is 0.333. The summed E-state index contributed by atoms with van der Waals surface area (Å²) in [5.74, 6) is -0.279. The smallest absolute Gasteiger partial charge is 0.271 e. The number of amides is 1. The van der Waals surface area contributed by atoms with Gasteiger partial charge in [0.25, 0.3) is 11.6 Å². The third-order valence-corrected chi connectivity index (χ3v) is 3.25. The maximum Gasteiger partial charge on any atom is 0.271 e. The molecule has 0 aliphatic heterocycles. The van der Waals surface area contributed by atoms with Gasteiger partial charge in [0.1, 0.15) is 0 Å². The van der Waals surface area contributed by atoms with E-state index in [1.165, 1.54) is 16.8 Å². The Morgan fingerprint density at radius 2 is 2.22 bits per heavy atom. The summed E-state index contributed by atoms with van der Waals surface area (Å²) < 4.78 is 1.44. The molecule has 0 fully saturated rings. The lowest BCUT2D eigenvalue weighted by Crippen LogP contribution is -2.38. The van der Waals surface area contributed by atoms with Crippen LogP contribution in [-0.4, -0.2) is 39.7 Å². The van der Waals surface area contributed by atoms with Gasteiger partial charge in [-0.15, -0.1) is 0 Å². The topological polar surface area (TPSA) is 102 Å². The summed E-state index contributed by atoms with van der Waals surface area (Å²) in [6.07, 6.45) is 1.60. The van der Waals surface area contributed by atoms with E-state index >= 15 is 0 Å². The second-order valence-corrected chi connectivity index (χ2v) is 5.09. The molecule has 23 heavy (non-hydrogen) atoms. The number of carbonyl (C=O) groups excluding carboxylic acids is 1. The van der Waals surface area contributed by atoms with Crippen LogP contribution in [0.5, 0.6) is 0 Å². The summed E-state index contributed by atoms with van der Waals surface area (Å²) >= 11 is 0. The van der Waals surface area contributed by atoms with Gasteiger partial charge in [0.2, 0.25) is 0 Å². The molecule has 2 N–H and O–H groups in total. The standard InChI is InChI=1S/C15H19N5O3/c1-3-16-11(2)10-17-15(21)14-7-8-19(18-14)12-5-4-6-13(9-12)20(22)23/h4-9,11,16H,3,10H2,1-2H3,(H,17,21)/t11-/m1/s1. The van der Waals surface area contributed by atoms with Crippen molar-refractivity contribution < 1.29 is 9.72 Å². The van der Waals surface area contributed by atoms with Crippen LogP contribution in [0.25, 0.3) is 5.69 Å². The molecule has 0 saturated heterocycles. The Hall–Kier alpha value is -2.74. The number of aromatic nitrogens is 2. The average molecular weight is 317 g/mol. The van der Waals surface area contributed by atoms with Gasteiger partial charge in [0.05, 0.1) is 10.6 Å². The van der Waals surface area contributed by atoms with Crippen molar-refractivity contribution in [2.24, 2.45) is 0 Å². The van der Waals surface area contributed by atoms with E-state index in [2.05, 4.69) is 15.7 Å². The number of hydrogen-bond donors (Lipinski definition) is 2. The molecule has 0 aliphatic carbocycles. The van der Waals surface area contributed by atoms with Crippen molar-refractivity contribution in [2.75, 3.05) is 13.1 Å². The molecule has 1 aromatic carbocycles. The fourth-order valence-electron chi connectivity index (χ4n) is 2.09.